The predicted octanol–water partition coefficient (Wildman–Crippen LogP) is -1.46. The van der Waals surface area contributed by atoms with E-state index in [1.807, 2.05) is 0 Å². The first-order chi connectivity index (χ1) is 4.51. The molecular formula is C3H3FLiNO4S. The van der Waals surface area contributed by atoms with E-state index in [1.165, 1.54) is 4.72 Å². The second-order valence-corrected chi connectivity index (χ2v) is 2.75. The second kappa shape index (κ2) is 3.26. The molecule has 0 aromatic carbocycles. The van der Waals surface area contributed by atoms with Gasteiger partial charge in [0.05, 0.1) is 0 Å². The molecule has 1 N–H and O–H groups in total. The summed E-state index contributed by atoms with van der Waals surface area (Å²) in [5.74, 6) is -2.58. The van der Waals surface area contributed by atoms with Crippen molar-refractivity contribution in [2.75, 3.05) is 0 Å². The molecule has 0 fully saturated rings. The minimum atomic E-state index is -4.08. The molecule has 0 aliphatic carbocycles. The zero-order chi connectivity index (χ0) is 7.78. The molecule has 58 valence electrons. The van der Waals surface area contributed by atoms with Crippen molar-refractivity contribution >= 4 is 35.1 Å². The Morgan fingerprint density at radius 2 is 2.09 bits per heavy atom. The van der Waals surface area contributed by atoms with Gasteiger partial charge in [-0.15, -0.1) is 0 Å². The molecule has 1 rings (SSSR count). The van der Waals surface area contributed by atoms with Crippen LogP contribution in [-0.2, 0) is 19.3 Å². The van der Waals surface area contributed by atoms with Gasteiger partial charge in [-0.05, 0) is 0 Å². The third kappa shape index (κ3) is 2.53. The third-order valence-corrected chi connectivity index (χ3v) is 1.50. The maximum atomic E-state index is 12.0. The molecule has 0 spiro atoms. The van der Waals surface area contributed by atoms with Crippen LogP contribution in [0.1, 0.15) is 0 Å². The van der Waals surface area contributed by atoms with Crippen LogP contribution in [-0.4, -0.2) is 33.2 Å². The quantitative estimate of drug-likeness (QED) is 0.456. The van der Waals surface area contributed by atoms with E-state index in [-0.39, 0.29) is 25.1 Å². The van der Waals surface area contributed by atoms with E-state index in [1.54, 1.807) is 0 Å². The van der Waals surface area contributed by atoms with Crippen molar-refractivity contribution < 1.29 is 21.8 Å². The van der Waals surface area contributed by atoms with Gasteiger partial charge in [-0.3, -0.25) is 4.79 Å². The number of hydrogen-bond acceptors (Lipinski definition) is 4. The van der Waals surface area contributed by atoms with Crippen LogP contribution in [0.3, 0.4) is 0 Å². The van der Waals surface area contributed by atoms with E-state index in [2.05, 4.69) is 4.18 Å². The van der Waals surface area contributed by atoms with Gasteiger partial charge in [-0.25, -0.2) is 4.72 Å². The summed E-state index contributed by atoms with van der Waals surface area (Å²) in [4.78, 5) is 10.2. The Morgan fingerprint density at radius 1 is 1.55 bits per heavy atom. The fraction of sp³-hybridized carbons (Fsp3) is 0. The summed E-state index contributed by atoms with van der Waals surface area (Å²) in [6.45, 7) is 0. The van der Waals surface area contributed by atoms with E-state index in [9.17, 15) is 17.6 Å². The zero-order valence-electron chi connectivity index (χ0n) is 4.50. The van der Waals surface area contributed by atoms with Gasteiger partial charge in [0, 0.05) is 0 Å². The molecule has 8 heteroatoms. The molecule has 0 radical (unpaired) electrons. The Morgan fingerprint density at radius 3 is 2.45 bits per heavy atom. The van der Waals surface area contributed by atoms with Crippen molar-refractivity contribution in [3.63, 3.8) is 0 Å². The van der Waals surface area contributed by atoms with Gasteiger partial charge in [-0.2, -0.15) is 12.8 Å². The van der Waals surface area contributed by atoms with Gasteiger partial charge in [0.15, 0.2) is 0 Å². The second-order valence-electron chi connectivity index (χ2n) is 1.45. The van der Waals surface area contributed by atoms with Gasteiger partial charge in [0.25, 0.3) is 5.91 Å². The molecule has 0 saturated heterocycles. The van der Waals surface area contributed by atoms with Crippen LogP contribution in [0, 0.1) is 0 Å². The summed E-state index contributed by atoms with van der Waals surface area (Å²) in [5, 5.41) is 0. The van der Waals surface area contributed by atoms with E-state index < -0.39 is 22.0 Å². The SMILES string of the molecule is O=C1NS(=O)(=O)OC=C1F.[LiH]. The van der Waals surface area contributed by atoms with Crippen LogP contribution in [0.25, 0.3) is 0 Å². The maximum absolute atomic E-state index is 12.0. The molecule has 5 nitrogen and oxygen atoms in total. The average Bonchev–Trinajstić information content (AvgIpc) is 1.79. The molecule has 0 aromatic heterocycles. The number of rotatable bonds is 0. The summed E-state index contributed by atoms with van der Waals surface area (Å²) < 4.78 is 37.5. The molecular weight excluding hydrogens is 172 g/mol. The van der Waals surface area contributed by atoms with Crippen LogP contribution in [0.2, 0.25) is 0 Å². The summed E-state index contributed by atoms with van der Waals surface area (Å²) in [7, 11) is -4.08. The van der Waals surface area contributed by atoms with E-state index in [0.717, 1.165) is 0 Å². The molecule has 1 aliphatic heterocycles. The molecule has 0 unspecified atom stereocenters. The molecule has 1 amide bonds. The first-order valence-electron chi connectivity index (χ1n) is 2.12. The van der Waals surface area contributed by atoms with Gasteiger partial charge >= 0.3 is 29.2 Å². The number of carbonyl (C=O) groups excluding carboxylic acids is 1. The fourth-order valence-electron chi connectivity index (χ4n) is 0.345. The Labute approximate surface area is 74.0 Å². The minimum absolute atomic E-state index is 0. The van der Waals surface area contributed by atoms with Crippen molar-refractivity contribution in [2.24, 2.45) is 0 Å². The van der Waals surface area contributed by atoms with Crippen molar-refractivity contribution in [2.45, 2.75) is 0 Å². The van der Waals surface area contributed by atoms with Gasteiger partial charge in [0.1, 0.15) is 6.26 Å². The van der Waals surface area contributed by atoms with Gasteiger partial charge in [0.2, 0.25) is 5.83 Å². The van der Waals surface area contributed by atoms with Crippen molar-refractivity contribution in [3.05, 3.63) is 12.1 Å². The molecule has 11 heavy (non-hydrogen) atoms. The topological polar surface area (TPSA) is 72.5 Å². The molecule has 0 saturated carbocycles. The summed E-state index contributed by atoms with van der Waals surface area (Å²) in [5.41, 5.74) is 0. The van der Waals surface area contributed by atoms with Gasteiger partial charge < -0.3 is 4.18 Å². The Bertz CT molecular complexity index is 296. The van der Waals surface area contributed by atoms with E-state index >= 15 is 0 Å². The third-order valence-electron chi connectivity index (χ3n) is 0.713. The van der Waals surface area contributed by atoms with Crippen molar-refractivity contribution in [1.29, 1.82) is 0 Å². The normalized spacial score (nSPS) is 20.5. The molecule has 1 aliphatic rings. The number of nitrogens with one attached hydrogen (secondary N) is 1. The summed E-state index contributed by atoms with van der Waals surface area (Å²) >= 11 is 0. The van der Waals surface area contributed by atoms with Crippen LogP contribution in [0.15, 0.2) is 12.1 Å². The number of amides is 1. The molecule has 0 aromatic rings. The van der Waals surface area contributed by atoms with E-state index in [4.69, 9.17) is 0 Å². The Balaban J connectivity index is 0.000001000. The monoisotopic (exact) mass is 175 g/mol. The van der Waals surface area contributed by atoms with Crippen LogP contribution in [0.4, 0.5) is 4.39 Å². The Kier molecular flexibility index (Phi) is 3.10. The fourth-order valence-corrected chi connectivity index (χ4v) is 0.929. The summed E-state index contributed by atoms with van der Waals surface area (Å²) in [6.07, 6.45) is 0.230. The standard InChI is InChI=1S/C3H2FNO4S.Li.H/c4-2-1-9-10(7,8)5-3(2)6;;/h1H,(H,5,6);;. The predicted molar refractivity (Wildman–Crippen MR) is 34.5 cm³/mol. The first kappa shape index (κ1) is 10.5. The molecule has 1 heterocycles. The van der Waals surface area contributed by atoms with Crippen LogP contribution >= 0.6 is 0 Å². The first-order valence-corrected chi connectivity index (χ1v) is 3.53. The number of hydrogen-bond donors (Lipinski definition) is 1. The van der Waals surface area contributed by atoms with Crippen LogP contribution < -0.4 is 4.72 Å². The average molecular weight is 175 g/mol. The van der Waals surface area contributed by atoms with Gasteiger partial charge in [-0.1, -0.05) is 0 Å². The molecule has 0 atom stereocenters. The molecule has 0 bridgehead atoms. The van der Waals surface area contributed by atoms with Crippen molar-refractivity contribution in [3.8, 4) is 0 Å². The number of carbonyl (C=O) groups is 1. The number of halogens is 1. The zero-order valence-corrected chi connectivity index (χ0v) is 5.31. The van der Waals surface area contributed by atoms with Crippen LogP contribution in [0.5, 0.6) is 0 Å². The van der Waals surface area contributed by atoms with E-state index in [0.29, 0.717) is 0 Å². The van der Waals surface area contributed by atoms with Crippen molar-refractivity contribution in [1.82, 2.24) is 4.72 Å². The summed E-state index contributed by atoms with van der Waals surface area (Å²) in [6, 6.07) is 0. The Hall–Kier alpha value is -0.513.